The second-order valence-corrected chi connectivity index (χ2v) is 7.01. The zero-order valence-corrected chi connectivity index (χ0v) is 15.6. The van der Waals surface area contributed by atoms with Crippen molar-refractivity contribution >= 4 is 10.9 Å². The second kappa shape index (κ2) is 7.96. The number of aromatic nitrogens is 1. The molecule has 3 aromatic rings. The van der Waals surface area contributed by atoms with Crippen LogP contribution in [0.25, 0.3) is 10.9 Å². The molecule has 136 valence electrons. The van der Waals surface area contributed by atoms with Crippen molar-refractivity contribution in [3.63, 3.8) is 0 Å². The molecule has 0 bridgehead atoms. The van der Waals surface area contributed by atoms with Crippen LogP contribution in [0.4, 0.5) is 0 Å². The Morgan fingerprint density at radius 2 is 1.81 bits per heavy atom. The summed E-state index contributed by atoms with van der Waals surface area (Å²) in [5, 5.41) is 4.97. The molecule has 1 aliphatic heterocycles. The van der Waals surface area contributed by atoms with Crippen molar-refractivity contribution in [1.29, 1.82) is 0 Å². The molecule has 26 heavy (non-hydrogen) atoms. The van der Waals surface area contributed by atoms with Gasteiger partial charge in [0, 0.05) is 36.1 Å². The Bertz CT molecular complexity index is 881. The molecule has 0 atom stereocenters. The number of benzene rings is 2. The largest absolute Gasteiger partial charge is 0.493 e. The predicted octanol–water partition coefficient (Wildman–Crippen LogP) is 4.36. The number of aryl methyl sites for hydroxylation is 2. The highest BCUT2D eigenvalue weighted by molar-refractivity contribution is 5.85. The molecule has 3 nitrogen and oxygen atoms in total. The Morgan fingerprint density at radius 3 is 2.73 bits per heavy atom. The molecule has 0 amide bonds. The molecule has 0 aliphatic carbocycles. The van der Waals surface area contributed by atoms with Crippen LogP contribution in [0.1, 0.15) is 30.2 Å². The van der Waals surface area contributed by atoms with Gasteiger partial charge in [-0.2, -0.15) is 0 Å². The summed E-state index contributed by atoms with van der Waals surface area (Å²) in [6, 6.07) is 17.3. The van der Waals surface area contributed by atoms with E-state index in [4.69, 9.17) is 4.74 Å². The van der Waals surface area contributed by atoms with Crippen molar-refractivity contribution in [3.05, 3.63) is 65.4 Å². The van der Waals surface area contributed by atoms with Crippen LogP contribution in [0.15, 0.2) is 48.5 Å². The molecule has 0 fully saturated rings. The number of fused-ring (bicyclic) bond motifs is 3. The minimum absolute atomic E-state index is 0.760. The summed E-state index contributed by atoms with van der Waals surface area (Å²) in [5.41, 5.74) is 5.74. The number of rotatable bonds is 6. The summed E-state index contributed by atoms with van der Waals surface area (Å²) in [4.78, 5) is 0. The number of hydrogen-bond donors (Lipinski definition) is 1. The Labute approximate surface area is 156 Å². The highest BCUT2D eigenvalue weighted by atomic mass is 16.5. The zero-order chi connectivity index (χ0) is 17.8. The van der Waals surface area contributed by atoms with Crippen LogP contribution < -0.4 is 10.1 Å². The second-order valence-electron chi connectivity index (χ2n) is 7.01. The number of para-hydroxylation sites is 2. The van der Waals surface area contributed by atoms with Gasteiger partial charge in [-0.3, -0.25) is 0 Å². The summed E-state index contributed by atoms with van der Waals surface area (Å²) >= 11 is 0. The SMILES string of the molecule is CCc1ccccc1OCCCn1c2c(c3ccccc31)CCNCC2. The molecule has 2 aromatic carbocycles. The fourth-order valence-corrected chi connectivity index (χ4v) is 4.13. The minimum atomic E-state index is 0.760. The Hall–Kier alpha value is -2.26. The van der Waals surface area contributed by atoms with Crippen LogP contribution in [-0.2, 0) is 25.8 Å². The highest BCUT2D eigenvalue weighted by Crippen LogP contribution is 2.28. The average Bonchev–Trinajstić information content (AvgIpc) is 2.83. The highest BCUT2D eigenvalue weighted by Gasteiger charge is 2.18. The third-order valence-electron chi connectivity index (χ3n) is 5.42. The van der Waals surface area contributed by atoms with E-state index in [1.54, 1.807) is 5.56 Å². The van der Waals surface area contributed by atoms with E-state index in [1.807, 2.05) is 0 Å². The fraction of sp³-hybridized carbons (Fsp3) is 0.391. The van der Waals surface area contributed by atoms with Crippen LogP contribution >= 0.6 is 0 Å². The van der Waals surface area contributed by atoms with Crippen LogP contribution in [0.5, 0.6) is 5.75 Å². The first-order valence-electron chi connectivity index (χ1n) is 9.89. The molecular formula is C23H28N2O. The predicted molar refractivity (Wildman–Crippen MR) is 108 cm³/mol. The first-order chi connectivity index (χ1) is 12.9. The summed E-state index contributed by atoms with van der Waals surface area (Å²) in [7, 11) is 0. The number of nitrogens with zero attached hydrogens (tertiary/aromatic N) is 1. The monoisotopic (exact) mass is 348 g/mol. The van der Waals surface area contributed by atoms with Crippen molar-refractivity contribution in [2.24, 2.45) is 0 Å². The molecule has 1 aliphatic rings. The van der Waals surface area contributed by atoms with E-state index in [0.717, 1.165) is 57.7 Å². The van der Waals surface area contributed by atoms with E-state index >= 15 is 0 Å². The first kappa shape index (κ1) is 17.2. The third kappa shape index (κ3) is 3.36. The van der Waals surface area contributed by atoms with Gasteiger partial charge in [0.25, 0.3) is 0 Å². The maximum absolute atomic E-state index is 6.08. The molecule has 0 saturated heterocycles. The fourth-order valence-electron chi connectivity index (χ4n) is 4.13. The van der Waals surface area contributed by atoms with Gasteiger partial charge < -0.3 is 14.6 Å². The Balaban J connectivity index is 1.50. The number of ether oxygens (including phenoxy) is 1. The van der Waals surface area contributed by atoms with Crippen molar-refractivity contribution in [2.75, 3.05) is 19.7 Å². The summed E-state index contributed by atoms with van der Waals surface area (Å²) in [6.07, 6.45) is 4.28. The van der Waals surface area contributed by atoms with Crippen LogP contribution in [0.2, 0.25) is 0 Å². The van der Waals surface area contributed by atoms with Crippen LogP contribution in [-0.4, -0.2) is 24.3 Å². The van der Waals surface area contributed by atoms with Crippen molar-refractivity contribution in [2.45, 2.75) is 39.2 Å². The van der Waals surface area contributed by atoms with Gasteiger partial charge in [0.2, 0.25) is 0 Å². The topological polar surface area (TPSA) is 26.2 Å². The van der Waals surface area contributed by atoms with E-state index in [1.165, 1.54) is 22.2 Å². The summed E-state index contributed by atoms with van der Waals surface area (Å²) < 4.78 is 8.62. The molecule has 4 rings (SSSR count). The smallest absolute Gasteiger partial charge is 0.122 e. The molecule has 0 radical (unpaired) electrons. The lowest BCUT2D eigenvalue weighted by atomic mass is 10.1. The third-order valence-corrected chi connectivity index (χ3v) is 5.42. The van der Waals surface area contributed by atoms with Gasteiger partial charge in [-0.25, -0.2) is 0 Å². The normalized spacial score (nSPS) is 14.2. The minimum Gasteiger partial charge on any atom is -0.493 e. The number of hydrogen-bond acceptors (Lipinski definition) is 2. The quantitative estimate of drug-likeness (QED) is 0.670. The van der Waals surface area contributed by atoms with Gasteiger partial charge in [-0.15, -0.1) is 0 Å². The van der Waals surface area contributed by atoms with Gasteiger partial charge in [-0.1, -0.05) is 43.3 Å². The lowest BCUT2D eigenvalue weighted by molar-refractivity contribution is 0.299. The molecule has 2 heterocycles. The maximum atomic E-state index is 6.08. The molecule has 1 aromatic heterocycles. The zero-order valence-electron chi connectivity index (χ0n) is 15.6. The van der Waals surface area contributed by atoms with E-state index < -0.39 is 0 Å². The molecule has 3 heteroatoms. The van der Waals surface area contributed by atoms with Gasteiger partial charge in [0.1, 0.15) is 5.75 Å². The van der Waals surface area contributed by atoms with E-state index in [2.05, 4.69) is 65.3 Å². The molecular weight excluding hydrogens is 320 g/mol. The maximum Gasteiger partial charge on any atom is 0.122 e. The first-order valence-corrected chi connectivity index (χ1v) is 9.89. The summed E-state index contributed by atoms with van der Waals surface area (Å²) in [5.74, 6) is 1.04. The van der Waals surface area contributed by atoms with Crippen LogP contribution in [0.3, 0.4) is 0 Å². The molecule has 0 spiro atoms. The van der Waals surface area contributed by atoms with Gasteiger partial charge in [0.15, 0.2) is 0 Å². The lowest BCUT2D eigenvalue weighted by Crippen LogP contribution is -2.17. The number of nitrogens with one attached hydrogen (secondary N) is 1. The van der Waals surface area contributed by atoms with E-state index in [0.29, 0.717) is 0 Å². The van der Waals surface area contributed by atoms with E-state index in [-0.39, 0.29) is 0 Å². The van der Waals surface area contributed by atoms with E-state index in [9.17, 15) is 0 Å². The Morgan fingerprint density at radius 1 is 1.00 bits per heavy atom. The molecule has 0 saturated carbocycles. The standard InChI is InChI=1S/C23H28N2O/c1-2-18-8-3-6-11-23(18)26-17-7-16-25-21-10-5-4-9-19(21)20-12-14-24-15-13-22(20)25/h3-6,8-11,24H,2,7,12-17H2,1H3. The average molecular weight is 348 g/mol. The van der Waals surface area contributed by atoms with Gasteiger partial charge in [0.05, 0.1) is 6.61 Å². The molecule has 1 N–H and O–H groups in total. The van der Waals surface area contributed by atoms with Crippen molar-refractivity contribution < 1.29 is 4.74 Å². The Kier molecular flexibility index (Phi) is 5.26. The van der Waals surface area contributed by atoms with Gasteiger partial charge >= 0.3 is 0 Å². The summed E-state index contributed by atoms with van der Waals surface area (Å²) in [6.45, 7) is 6.11. The van der Waals surface area contributed by atoms with Crippen molar-refractivity contribution in [1.82, 2.24) is 9.88 Å². The lowest BCUT2D eigenvalue weighted by Gasteiger charge is -2.13. The van der Waals surface area contributed by atoms with Crippen molar-refractivity contribution in [3.8, 4) is 5.75 Å². The van der Waals surface area contributed by atoms with Gasteiger partial charge in [-0.05, 0) is 49.1 Å². The van der Waals surface area contributed by atoms with Crippen LogP contribution in [0, 0.1) is 0 Å². The molecule has 0 unspecified atom stereocenters.